The van der Waals surface area contributed by atoms with Crippen molar-refractivity contribution in [3.8, 4) is 0 Å². The molecule has 0 radical (unpaired) electrons. The lowest BCUT2D eigenvalue weighted by molar-refractivity contribution is 0.736. The van der Waals surface area contributed by atoms with Gasteiger partial charge in [-0.2, -0.15) is 0 Å². The summed E-state index contributed by atoms with van der Waals surface area (Å²) in [5.74, 6) is 0. The Hall–Kier alpha value is -1.19. The molecule has 0 saturated carbocycles. The normalized spacial score (nSPS) is 16.5. The van der Waals surface area contributed by atoms with Crippen LogP contribution in [0.5, 0.6) is 0 Å². The summed E-state index contributed by atoms with van der Waals surface area (Å²) in [6.45, 7) is 2.57. The molecule has 0 amide bonds. The number of nitrogens with zero attached hydrogens (tertiary/aromatic N) is 1. The molecule has 0 saturated heterocycles. The van der Waals surface area contributed by atoms with Crippen LogP contribution in [-0.2, 0) is 6.54 Å². The molecule has 2 heterocycles. The molecular formula is C11H15N3. The number of nitrogens with one attached hydrogen (secondary N) is 1. The molecule has 3 nitrogen and oxygen atoms in total. The predicted octanol–water partition coefficient (Wildman–Crippen LogP) is 0.917. The maximum absolute atomic E-state index is 5.59. The van der Waals surface area contributed by atoms with E-state index >= 15 is 0 Å². The van der Waals surface area contributed by atoms with E-state index in [1.807, 2.05) is 12.3 Å². The Bertz CT molecular complexity index is 344. The fraction of sp³-hybridized carbons (Fsp3) is 0.364. The molecule has 2 rings (SSSR count). The van der Waals surface area contributed by atoms with E-state index < -0.39 is 0 Å². The highest BCUT2D eigenvalue weighted by molar-refractivity contribution is 5.64. The molecule has 0 aromatic carbocycles. The maximum atomic E-state index is 5.59. The van der Waals surface area contributed by atoms with Crippen LogP contribution >= 0.6 is 0 Å². The van der Waals surface area contributed by atoms with E-state index in [9.17, 15) is 0 Å². The summed E-state index contributed by atoms with van der Waals surface area (Å²) in [4.78, 5) is 4.36. The van der Waals surface area contributed by atoms with Crippen molar-refractivity contribution in [2.24, 2.45) is 5.73 Å². The minimum absolute atomic E-state index is 0.584. The number of hydrogen-bond acceptors (Lipinski definition) is 3. The highest BCUT2D eigenvalue weighted by Gasteiger charge is 2.06. The Morgan fingerprint density at radius 1 is 1.50 bits per heavy atom. The van der Waals surface area contributed by atoms with Gasteiger partial charge >= 0.3 is 0 Å². The second-order valence-corrected chi connectivity index (χ2v) is 3.44. The quantitative estimate of drug-likeness (QED) is 0.727. The zero-order chi connectivity index (χ0) is 9.80. The second-order valence-electron chi connectivity index (χ2n) is 3.44. The summed E-state index contributed by atoms with van der Waals surface area (Å²) in [6, 6.07) is 4.04. The van der Waals surface area contributed by atoms with Gasteiger partial charge in [-0.3, -0.25) is 4.98 Å². The van der Waals surface area contributed by atoms with Crippen molar-refractivity contribution < 1.29 is 0 Å². The molecule has 1 aromatic heterocycles. The van der Waals surface area contributed by atoms with Crippen LogP contribution in [-0.4, -0.2) is 18.1 Å². The van der Waals surface area contributed by atoms with Gasteiger partial charge < -0.3 is 11.1 Å². The molecule has 0 atom stereocenters. The third-order valence-corrected chi connectivity index (χ3v) is 2.45. The van der Waals surface area contributed by atoms with Crippen LogP contribution in [0, 0.1) is 0 Å². The van der Waals surface area contributed by atoms with Gasteiger partial charge in [-0.25, -0.2) is 0 Å². The molecule has 1 aliphatic rings. The molecule has 0 unspecified atom stereocenters. The van der Waals surface area contributed by atoms with Crippen LogP contribution in [0.4, 0.5) is 0 Å². The van der Waals surface area contributed by atoms with Crippen LogP contribution in [0.2, 0.25) is 0 Å². The molecule has 0 fully saturated rings. The highest BCUT2D eigenvalue weighted by atomic mass is 14.9. The van der Waals surface area contributed by atoms with Gasteiger partial charge in [-0.05, 0) is 36.2 Å². The number of nitrogens with two attached hydrogens (primary N) is 1. The Morgan fingerprint density at radius 3 is 3.14 bits per heavy atom. The van der Waals surface area contributed by atoms with Crippen molar-refractivity contribution in [2.45, 2.75) is 13.0 Å². The first-order valence-corrected chi connectivity index (χ1v) is 4.95. The largest absolute Gasteiger partial charge is 0.326 e. The predicted molar refractivity (Wildman–Crippen MR) is 57.6 cm³/mol. The number of aromatic nitrogens is 1. The lowest BCUT2D eigenvalue weighted by atomic mass is 10.0. The summed E-state index contributed by atoms with van der Waals surface area (Å²) >= 11 is 0. The maximum Gasteiger partial charge on any atom is 0.0662 e. The lowest BCUT2D eigenvalue weighted by Gasteiger charge is -2.13. The fourth-order valence-corrected chi connectivity index (χ4v) is 1.63. The fourth-order valence-electron chi connectivity index (χ4n) is 1.63. The smallest absolute Gasteiger partial charge is 0.0662 e. The summed E-state index contributed by atoms with van der Waals surface area (Å²) < 4.78 is 0. The van der Waals surface area contributed by atoms with E-state index in [2.05, 4.69) is 22.4 Å². The minimum Gasteiger partial charge on any atom is -0.326 e. The Kier molecular flexibility index (Phi) is 2.91. The van der Waals surface area contributed by atoms with Gasteiger partial charge in [0.15, 0.2) is 0 Å². The number of pyridine rings is 1. The minimum atomic E-state index is 0.584. The van der Waals surface area contributed by atoms with E-state index in [0.29, 0.717) is 6.54 Å². The van der Waals surface area contributed by atoms with Gasteiger partial charge in [0, 0.05) is 19.3 Å². The van der Waals surface area contributed by atoms with E-state index in [4.69, 9.17) is 5.73 Å². The van der Waals surface area contributed by atoms with Crippen molar-refractivity contribution in [1.82, 2.24) is 10.3 Å². The monoisotopic (exact) mass is 189 g/mol. The first kappa shape index (κ1) is 9.37. The van der Waals surface area contributed by atoms with Crippen LogP contribution in [0.3, 0.4) is 0 Å². The molecule has 1 aliphatic heterocycles. The van der Waals surface area contributed by atoms with Crippen molar-refractivity contribution in [3.05, 3.63) is 35.7 Å². The van der Waals surface area contributed by atoms with E-state index in [-0.39, 0.29) is 0 Å². The summed E-state index contributed by atoms with van der Waals surface area (Å²) in [5.41, 5.74) is 9.15. The molecular weight excluding hydrogens is 174 g/mol. The molecule has 0 bridgehead atoms. The molecule has 3 heteroatoms. The molecule has 14 heavy (non-hydrogen) atoms. The second kappa shape index (κ2) is 4.35. The molecule has 1 aromatic rings. The molecule has 74 valence electrons. The molecule has 0 aliphatic carbocycles. The Balaban J connectivity index is 2.26. The Labute approximate surface area is 84.0 Å². The molecule has 0 spiro atoms. The van der Waals surface area contributed by atoms with Crippen LogP contribution in [0.1, 0.15) is 17.7 Å². The van der Waals surface area contributed by atoms with E-state index in [1.165, 1.54) is 5.57 Å². The average molecular weight is 189 g/mol. The van der Waals surface area contributed by atoms with Gasteiger partial charge in [-0.1, -0.05) is 6.08 Å². The molecule has 3 N–H and O–H groups in total. The third kappa shape index (κ3) is 2.00. The summed E-state index contributed by atoms with van der Waals surface area (Å²) in [5, 5.41) is 3.28. The van der Waals surface area contributed by atoms with Gasteiger partial charge in [0.2, 0.25) is 0 Å². The Morgan fingerprint density at radius 2 is 2.43 bits per heavy atom. The van der Waals surface area contributed by atoms with Crippen LogP contribution < -0.4 is 11.1 Å². The zero-order valence-corrected chi connectivity index (χ0v) is 8.16. The van der Waals surface area contributed by atoms with Gasteiger partial charge in [0.05, 0.1) is 5.69 Å². The van der Waals surface area contributed by atoms with E-state index in [1.54, 1.807) is 0 Å². The lowest BCUT2D eigenvalue weighted by Crippen LogP contribution is -2.20. The first-order valence-electron chi connectivity index (χ1n) is 4.95. The topological polar surface area (TPSA) is 50.9 Å². The standard InChI is InChI=1S/C11H15N3/c12-8-9-1-6-14-11(7-9)10-2-4-13-5-3-10/h1-2,6-7,13H,3-5,8,12H2. The first-order chi connectivity index (χ1) is 6.90. The van der Waals surface area contributed by atoms with Crippen molar-refractivity contribution in [2.75, 3.05) is 13.1 Å². The number of rotatable bonds is 2. The zero-order valence-electron chi connectivity index (χ0n) is 8.16. The van der Waals surface area contributed by atoms with E-state index in [0.717, 1.165) is 30.8 Å². The van der Waals surface area contributed by atoms with Crippen molar-refractivity contribution in [1.29, 1.82) is 0 Å². The van der Waals surface area contributed by atoms with Crippen molar-refractivity contribution >= 4 is 5.57 Å². The highest BCUT2D eigenvalue weighted by Crippen LogP contribution is 2.17. The van der Waals surface area contributed by atoms with Gasteiger partial charge in [0.25, 0.3) is 0 Å². The van der Waals surface area contributed by atoms with Crippen LogP contribution in [0.25, 0.3) is 5.57 Å². The van der Waals surface area contributed by atoms with Crippen LogP contribution in [0.15, 0.2) is 24.4 Å². The van der Waals surface area contributed by atoms with Crippen molar-refractivity contribution in [3.63, 3.8) is 0 Å². The summed E-state index contributed by atoms with van der Waals surface area (Å²) in [7, 11) is 0. The summed E-state index contributed by atoms with van der Waals surface area (Å²) in [6.07, 6.45) is 5.09. The number of hydrogen-bond donors (Lipinski definition) is 2. The van der Waals surface area contributed by atoms with Gasteiger partial charge in [-0.15, -0.1) is 0 Å². The third-order valence-electron chi connectivity index (χ3n) is 2.45. The average Bonchev–Trinajstić information content (AvgIpc) is 2.30. The SMILES string of the molecule is NCc1ccnc(C2=CCNCC2)c1. The van der Waals surface area contributed by atoms with Gasteiger partial charge in [0.1, 0.15) is 0 Å².